The van der Waals surface area contributed by atoms with E-state index in [9.17, 15) is 9.59 Å². The summed E-state index contributed by atoms with van der Waals surface area (Å²) >= 11 is 0. The van der Waals surface area contributed by atoms with Crippen molar-refractivity contribution in [1.29, 1.82) is 0 Å². The summed E-state index contributed by atoms with van der Waals surface area (Å²) in [6, 6.07) is 0. The van der Waals surface area contributed by atoms with E-state index in [1.807, 2.05) is 0 Å². The highest BCUT2D eigenvalue weighted by Crippen LogP contribution is 2.21. The van der Waals surface area contributed by atoms with E-state index < -0.39 is 5.97 Å². The van der Waals surface area contributed by atoms with Crippen LogP contribution in [-0.2, 0) is 14.3 Å². The molecule has 16 heavy (non-hydrogen) atoms. The lowest BCUT2D eigenvalue weighted by Gasteiger charge is -2.30. The maximum absolute atomic E-state index is 11.0. The van der Waals surface area contributed by atoms with E-state index in [0.29, 0.717) is 12.5 Å². The molecule has 0 radical (unpaired) electrons. The van der Waals surface area contributed by atoms with E-state index >= 15 is 0 Å². The Morgan fingerprint density at radius 1 is 1.38 bits per heavy atom. The second-order valence-electron chi connectivity index (χ2n) is 4.23. The molecule has 92 valence electrons. The average Bonchev–Trinajstić information content (AvgIpc) is 2.28. The zero-order chi connectivity index (χ0) is 12.0. The molecule has 0 amide bonds. The second kappa shape index (κ2) is 6.48. The molecule has 1 heterocycles. The van der Waals surface area contributed by atoms with Crippen molar-refractivity contribution in [3.05, 3.63) is 0 Å². The molecule has 0 unspecified atom stereocenters. The van der Waals surface area contributed by atoms with Crippen LogP contribution in [0.2, 0.25) is 0 Å². The number of esters is 1. The summed E-state index contributed by atoms with van der Waals surface area (Å²) in [6.45, 7) is 2.07. The van der Waals surface area contributed by atoms with Crippen molar-refractivity contribution in [3.8, 4) is 0 Å². The van der Waals surface area contributed by atoms with Crippen molar-refractivity contribution in [2.45, 2.75) is 25.7 Å². The van der Waals surface area contributed by atoms with Gasteiger partial charge in [0.05, 0.1) is 13.7 Å². The molecule has 1 rings (SSSR count). The van der Waals surface area contributed by atoms with Gasteiger partial charge < -0.3 is 9.84 Å². The van der Waals surface area contributed by atoms with Crippen LogP contribution in [-0.4, -0.2) is 48.7 Å². The number of nitrogens with zero attached hydrogens (tertiary/aromatic N) is 1. The Morgan fingerprint density at radius 2 is 2.00 bits per heavy atom. The highest BCUT2D eigenvalue weighted by atomic mass is 16.5. The van der Waals surface area contributed by atoms with Gasteiger partial charge in [0.15, 0.2) is 0 Å². The van der Waals surface area contributed by atoms with Crippen LogP contribution in [0.5, 0.6) is 0 Å². The molecule has 0 bridgehead atoms. The molecule has 1 fully saturated rings. The van der Waals surface area contributed by atoms with Gasteiger partial charge in [0, 0.05) is 6.42 Å². The molecule has 0 aromatic heterocycles. The summed E-state index contributed by atoms with van der Waals surface area (Å²) in [5, 5.41) is 8.58. The molecule has 0 aliphatic carbocycles. The topological polar surface area (TPSA) is 66.8 Å². The van der Waals surface area contributed by atoms with E-state index in [0.717, 1.165) is 32.4 Å². The third-order valence-electron chi connectivity index (χ3n) is 3.05. The minimum atomic E-state index is -0.725. The van der Waals surface area contributed by atoms with Gasteiger partial charge in [-0.2, -0.15) is 0 Å². The summed E-state index contributed by atoms with van der Waals surface area (Å²) in [7, 11) is 1.39. The quantitative estimate of drug-likeness (QED) is 0.704. The SMILES string of the molecule is COC(=O)CN1CCC(CCC(=O)O)CC1. The molecular weight excluding hydrogens is 210 g/mol. The summed E-state index contributed by atoms with van der Waals surface area (Å²) in [5.41, 5.74) is 0. The maximum atomic E-state index is 11.0. The molecule has 1 saturated heterocycles. The Bertz CT molecular complexity index is 246. The summed E-state index contributed by atoms with van der Waals surface area (Å²) in [5.74, 6) is -0.439. The molecule has 5 nitrogen and oxygen atoms in total. The third kappa shape index (κ3) is 4.61. The van der Waals surface area contributed by atoms with Gasteiger partial charge in [0.1, 0.15) is 0 Å². The Balaban J connectivity index is 2.18. The van der Waals surface area contributed by atoms with Crippen LogP contribution in [0.1, 0.15) is 25.7 Å². The zero-order valence-electron chi connectivity index (χ0n) is 9.65. The second-order valence-corrected chi connectivity index (χ2v) is 4.23. The fourth-order valence-corrected chi connectivity index (χ4v) is 2.01. The fourth-order valence-electron chi connectivity index (χ4n) is 2.01. The first-order valence-electron chi connectivity index (χ1n) is 5.62. The Kier molecular flexibility index (Phi) is 5.25. The van der Waals surface area contributed by atoms with Crippen molar-refractivity contribution in [2.75, 3.05) is 26.7 Å². The first kappa shape index (κ1) is 13.0. The number of methoxy groups -OCH3 is 1. The number of hydrogen-bond donors (Lipinski definition) is 1. The fraction of sp³-hybridized carbons (Fsp3) is 0.818. The van der Waals surface area contributed by atoms with E-state index in [1.54, 1.807) is 0 Å². The molecule has 0 spiro atoms. The average molecular weight is 229 g/mol. The van der Waals surface area contributed by atoms with Gasteiger partial charge in [-0.3, -0.25) is 14.5 Å². The summed E-state index contributed by atoms with van der Waals surface area (Å²) < 4.78 is 4.60. The lowest BCUT2D eigenvalue weighted by molar-refractivity contribution is -0.142. The molecule has 0 atom stereocenters. The van der Waals surface area contributed by atoms with Crippen molar-refractivity contribution >= 4 is 11.9 Å². The number of carboxylic acid groups (broad SMARTS) is 1. The minimum absolute atomic E-state index is 0.205. The number of rotatable bonds is 5. The Morgan fingerprint density at radius 3 is 2.50 bits per heavy atom. The first-order chi connectivity index (χ1) is 7.61. The van der Waals surface area contributed by atoms with Crippen LogP contribution in [0.4, 0.5) is 0 Å². The monoisotopic (exact) mass is 229 g/mol. The van der Waals surface area contributed by atoms with Crippen LogP contribution in [0, 0.1) is 5.92 Å². The highest BCUT2D eigenvalue weighted by molar-refractivity contribution is 5.71. The van der Waals surface area contributed by atoms with Gasteiger partial charge >= 0.3 is 11.9 Å². The molecule has 0 aromatic rings. The predicted molar refractivity (Wildman–Crippen MR) is 58.0 cm³/mol. The number of carbonyl (C=O) groups is 2. The van der Waals surface area contributed by atoms with Crippen molar-refractivity contribution < 1.29 is 19.4 Å². The minimum Gasteiger partial charge on any atom is -0.481 e. The van der Waals surface area contributed by atoms with Gasteiger partial charge in [-0.15, -0.1) is 0 Å². The normalized spacial score (nSPS) is 18.3. The maximum Gasteiger partial charge on any atom is 0.319 e. The van der Waals surface area contributed by atoms with Crippen LogP contribution >= 0.6 is 0 Å². The van der Waals surface area contributed by atoms with Gasteiger partial charge in [0.25, 0.3) is 0 Å². The number of piperidine rings is 1. The van der Waals surface area contributed by atoms with E-state index in [4.69, 9.17) is 5.11 Å². The van der Waals surface area contributed by atoms with Crippen molar-refractivity contribution in [1.82, 2.24) is 4.90 Å². The first-order valence-corrected chi connectivity index (χ1v) is 5.62. The number of likely N-dealkylation sites (tertiary alicyclic amines) is 1. The molecular formula is C11H19NO4. The van der Waals surface area contributed by atoms with E-state index in [1.165, 1.54) is 7.11 Å². The van der Waals surface area contributed by atoms with Crippen LogP contribution in [0.15, 0.2) is 0 Å². The number of carbonyl (C=O) groups excluding carboxylic acids is 1. The molecule has 1 N–H and O–H groups in total. The standard InChI is InChI=1S/C11H19NO4/c1-16-11(15)8-12-6-4-9(5-7-12)2-3-10(13)14/h9H,2-8H2,1H3,(H,13,14). The summed E-state index contributed by atoms with van der Waals surface area (Å²) in [4.78, 5) is 23.5. The van der Waals surface area contributed by atoms with Crippen molar-refractivity contribution in [3.63, 3.8) is 0 Å². The van der Waals surface area contributed by atoms with Gasteiger partial charge in [-0.25, -0.2) is 0 Å². The lowest BCUT2D eigenvalue weighted by atomic mass is 9.92. The van der Waals surface area contributed by atoms with Gasteiger partial charge in [-0.05, 0) is 38.3 Å². The zero-order valence-corrected chi connectivity index (χ0v) is 9.65. The number of aliphatic carboxylic acids is 1. The lowest BCUT2D eigenvalue weighted by Crippen LogP contribution is -2.37. The van der Waals surface area contributed by atoms with Gasteiger partial charge in [0.2, 0.25) is 0 Å². The summed E-state index contributed by atoms with van der Waals surface area (Å²) in [6.07, 6.45) is 2.96. The number of ether oxygens (including phenoxy) is 1. The van der Waals surface area contributed by atoms with Gasteiger partial charge in [-0.1, -0.05) is 0 Å². The van der Waals surface area contributed by atoms with Crippen LogP contribution in [0.25, 0.3) is 0 Å². The largest absolute Gasteiger partial charge is 0.481 e. The molecule has 5 heteroatoms. The van der Waals surface area contributed by atoms with Crippen molar-refractivity contribution in [2.24, 2.45) is 5.92 Å². The van der Waals surface area contributed by atoms with E-state index in [-0.39, 0.29) is 12.4 Å². The smallest absolute Gasteiger partial charge is 0.319 e. The van der Waals surface area contributed by atoms with E-state index in [2.05, 4.69) is 9.64 Å². The third-order valence-corrected chi connectivity index (χ3v) is 3.05. The number of carboxylic acids is 1. The highest BCUT2D eigenvalue weighted by Gasteiger charge is 2.21. The molecule has 0 aromatic carbocycles. The number of hydrogen-bond acceptors (Lipinski definition) is 4. The predicted octanol–water partition coefficient (Wildman–Crippen LogP) is 0.736. The Labute approximate surface area is 95.4 Å². The molecule has 1 aliphatic heterocycles. The molecule has 1 aliphatic rings. The molecule has 0 saturated carbocycles. The van der Waals surface area contributed by atoms with Crippen LogP contribution < -0.4 is 0 Å². The van der Waals surface area contributed by atoms with Crippen LogP contribution in [0.3, 0.4) is 0 Å². The Hall–Kier alpha value is -1.10.